The van der Waals surface area contributed by atoms with Crippen molar-refractivity contribution in [3.8, 4) is 23.5 Å². The van der Waals surface area contributed by atoms with Crippen LogP contribution >= 0.6 is 0 Å². The summed E-state index contributed by atoms with van der Waals surface area (Å²) in [5.41, 5.74) is 0.404. The molecule has 0 bridgehead atoms. The molecule has 3 rings (SSSR count). The largest absolute Gasteiger partial charge is 0.481 e. The Morgan fingerprint density at radius 2 is 2.20 bits per heavy atom. The second-order valence-corrected chi connectivity index (χ2v) is 5.31. The Hall–Kier alpha value is -2.49. The molecule has 20 heavy (non-hydrogen) atoms. The van der Waals surface area contributed by atoms with Crippen LogP contribution in [0.5, 0.6) is 5.88 Å². The van der Waals surface area contributed by atoms with E-state index >= 15 is 0 Å². The smallest absolute Gasteiger partial charge is 0.232 e. The molecule has 7 heteroatoms. The summed E-state index contributed by atoms with van der Waals surface area (Å²) in [4.78, 5) is 12.3. The Kier molecular flexibility index (Phi) is 2.67. The van der Waals surface area contributed by atoms with E-state index < -0.39 is 0 Å². The zero-order valence-electron chi connectivity index (χ0n) is 11.4. The van der Waals surface area contributed by atoms with Gasteiger partial charge in [-0.3, -0.25) is 0 Å². The zero-order chi connectivity index (χ0) is 14.3. The predicted octanol–water partition coefficient (Wildman–Crippen LogP) is 1.80. The van der Waals surface area contributed by atoms with Crippen molar-refractivity contribution in [2.75, 3.05) is 7.11 Å². The van der Waals surface area contributed by atoms with Crippen molar-refractivity contribution < 1.29 is 9.26 Å². The van der Waals surface area contributed by atoms with Crippen LogP contribution in [-0.2, 0) is 0 Å². The summed E-state index contributed by atoms with van der Waals surface area (Å²) in [7, 11) is 1.53. The Balaban J connectivity index is 1.90. The molecule has 1 aliphatic carbocycles. The third-order valence-corrected chi connectivity index (χ3v) is 3.75. The lowest BCUT2D eigenvalue weighted by Gasteiger charge is -1.98. The molecule has 1 aliphatic rings. The molecule has 2 atom stereocenters. The molecular formula is C13H13N5O2. The lowest BCUT2D eigenvalue weighted by Crippen LogP contribution is -1.93. The molecule has 1 saturated carbocycles. The highest BCUT2D eigenvalue weighted by Crippen LogP contribution is 2.63. The first kappa shape index (κ1) is 12.5. The number of ether oxygens (including phenoxy) is 1. The SMILES string of the molecule is COc1cc(-c2noc(C3C(C#N)C3(C)C)n2)ncn1. The molecular weight excluding hydrogens is 258 g/mol. The molecule has 0 radical (unpaired) electrons. The van der Waals surface area contributed by atoms with Crippen LogP contribution in [0, 0.1) is 22.7 Å². The topological polar surface area (TPSA) is 97.7 Å². The van der Waals surface area contributed by atoms with Gasteiger partial charge >= 0.3 is 0 Å². The van der Waals surface area contributed by atoms with Gasteiger partial charge in [-0.2, -0.15) is 10.2 Å². The fourth-order valence-corrected chi connectivity index (χ4v) is 2.38. The molecule has 2 unspecified atom stereocenters. The van der Waals surface area contributed by atoms with Crippen molar-refractivity contribution in [1.29, 1.82) is 5.26 Å². The summed E-state index contributed by atoms with van der Waals surface area (Å²) < 4.78 is 10.3. The first-order valence-electron chi connectivity index (χ1n) is 6.17. The van der Waals surface area contributed by atoms with E-state index in [1.54, 1.807) is 6.07 Å². The highest BCUT2D eigenvalue weighted by molar-refractivity contribution is 5.49. The maximum absolute atomic E-state index is 9.09. The number of nitrogens with zero attached hydrogens (tertiary/aromatic N) is 5. The van der Waals surface area contributed by atoms with Gasteiger partial charge in [0.1, 0.15) is 12.0 Å². The van der Waals surface area contributed by atoms with Crippen molar-refractivity contribution in [2.24, 2.45) is 11.3 Å². The van der Waals surface area contributed by atoms with Gasteiger partial charge in [-0.1, -0.05) is 19.0 Å². The van der Waals surface area contributed by atoms with Gasteiger partial charge < -0.3 is 9.26 Å². The number of nitriles is 1. The van der Waals surface area contributed by atoms with Crippen LogP contribution in [0.1, 0.15) is 25.7 Å². The number of rotatable bonds is 3. The highest BCUT2D eigenvalue weighted by atomic mass is 16.5. The van der Waals surface area contributed by atoms with Crippen LogP contribution in [0.2, 0.25) is 0 Å². The normalized spacial score (nSPS) is 23.1. The third-order valence-electron chi connectivity index (χ3n) is 3.75. The zero-order valence-corrected chi connectivity index (χ0v) is 11.4. The lowest BCUT2D eigenvalue weighted by atomic mass is 10.1. The van der Waals surface area contributed by atoms with Crippen LogP contribution < -0.4 is 4.74 Å². The second kappa shape index (κ2) is 4.27. The molecule has 102 valence electrons. The average molecular weight is 271 g/mol. The minimum atomic E-state index is -0.123. The predicted molar refractivity (Wildman–Crippen MR) is 67.5 cm³/mol. The van der Waals surface area contributed by atoms with Crippen LogP contribution in [0.3, 0.4) is 0 Å². The monoisotopic (exact) mass is 271 g/mol. The molecule has 1 fully saturated rings. The van der Waals surface area contributed by atoms with Crippen molar-refractivity contribution in [3.63, 3.8) is 0 Å². The van der Waals surface area contributed by atoms with Gasteiger partial charge in [0.05, 0.1) is 25.0 Å². The Bertz CT molecular complexity index is 688. The van der Waals surface area contributed by atoms with Crippen LogP contribution in [-0.4, -0.2) is 27.2 Å². The molecule has 7 nitrogen and oxygen atoms in total. The van der Waals surface area contributed by atoms with Crippen LogP contribution in [0.25, 0.3) is 11.5 Å². The quantitative estimate of drug-likeness (QED) is 0.839. The van der Waals surface area contributed by atoms with E-state index in [-0.39, 0.29) is 17.3 Å². The van der Waals surface area contributed by atoms with Gasteiger partial charge in [-0.25, -0.2) is 9.97 Å². The number of methoxy groups -OCH3 is 1. The van der Waals surface area contributed by atoms with Crippen LogP contribution in [0.15, 0.2) is 16.9 Å². The van der Waals surface area contributed by atoms with E-state index in [2.05, 4.69) is 26.2 Å². The fourth-order valence-electron chi connectivity index (χ4n) is 2.38. The van der Waals surface area contributed by atoms with E-state index in [1.165, 1.54) is 13.4 Å². The van der Waals surface area contributed by atoms with E-state index in [9.17, 15) is 0 Å². The molecule has 0 aromatic carbocycles. The molecule has 0 N–H and O–H groups in total. The van der Waals surface area contributed by atoms with Gasteiger partial charge in [0.25, 0.3) is 0 Å². The molecule has 0 saturated heterocycles. The minimum absolute atomic E-state index is 0.0162. The maximum atomic E-state index is 9.09. The van der Waals surface area contributed by atoms with E-state index in [4.69, 9.17) is 14.5 Å². The first-order chi connectivity index (χ1) is 9.57. The first-order valence-corrected chi connectivity index (χ1v) is 6.17. The summed E-state index contributed by atoms with van der Waals surface area (Å²) in [6, 6.07) is 3.91. The number of aromatic nitrogens is 4. The van der Waals surface area contributed by atoms with E-state index in [0.29, 0.717) is 23.3 Å². The lowest BCUT2D eigenvalue weighted by molar-refractivity contribution is 0.367. The van der Waals surface area contributed by atoms with Crippen molar-refractivity contribution in [2.45, 2.75) is 19.8 Å². The van der Waals surface area contributed by atoms with Gasteiger partial charge in [0, 0.05) is 6.07 Å². The van der Waals surface area contributed by atoms with Crippen molar-refractivity contribution in [3.05, 3.63) is 18.3 Å². The van der Waals surface area contributed by atoms with Gasteiger partial charge in [-0.15, -0.1) is 0 Å². The molecule has 2 aromatic heterocycles. The van der Waals surface area contributed by atoms with E-state index in [0.717, 1.165) is 0 Å². The summed E-state index contributed by atoms with van der Waals surface area (Å²) >= 11 is 0. The van der Waals surface area contributed by atoms with Crippen LogP contribution in [0.4, 0.5) is 0 Å². The maximum Gasteiger partial charge on any atom is 0.232 e. The number of hydrogen-bond donors (Lipinski definition) is 0. The summed E-state index contributed by atoms with van der Waals surface area (Å²) in [5, 5.41) is 13.0. The second-order valence-electron chi connectivity index (χ2n) is 5.31. The summed E-state index contributed by atoms with van der Waals surface area (Å²) in [6.45, 7) is 4.03. The Morgan fingerprint density at radius 3 is 2.85 bits per heavy atom. The Labute approximate surface area is 115 Å². The third kappa shape index (κ3) is 1.81. The van der Waals surface area contributed by atoms with Gasteiger partial charge in [0.2, 0.25) is 17.6 Å². The van der Waals surface area contributed by atoms with E-state index in [1.807, 2.05) is 13.8 Å². The minimum Gasteiger partial charge on any atom is -0.481 e. The Morgan fingerprint density at radius 1 is 1.40 bits per heavy atom. The molecule has 0 spiro atoms. The molecule has 2 heterocycles. The molecule has 0 amide bonds. The van der Waals surface area contributed by atoms with Crippen molar-refractivity contribution in [1.82, 2.24) is 20.1 Å². The molecule has 0 aliphatic heterocycles. The fraction of sp³-hybridized carbons (Fsp3) is 0.462. The average Bonchev–Trinajstić information content (AvgIpc) is 2.81. The van der Waals surface area contributed by atoms with Gasteiger partial charge in [0.15, 0.2) is 0 Å². The summed E-state index contributed by atoms with van der Waals surface area (Å²) in [6.07, 6.45) is 1.38. The van der Waals surface area contributed by atoms with Gasteiger partial charge in [-0.05, 0) is 5.41 Å². The summed E-state index contributed by atoms with van der Waals surface area (Å²) in [5.74, 6) is 1.19. The molecule has 2 aromatic rings. The van der Waals surface area contributed by atoms with Crippen molar-refractivity contribution >= 4 is 0 Å². The highest BCUT2D eigenvalue weighted by Gasteiger charge is 2.62. The number of hydrogen-bond acceptors (Lipinski definition) is 7. The standard InChI is InChI=1S/C13H13N5O2/c1-13(2)7(5-14)10(13)12-17-11(18-20-12)8-4-9(19-3)16-6-15-8/h4,6-7,10H,1-3H3.